The molecule has 1 aromatic carbocycles. The molecule has 0 spiro atoms. The molecule has 102 valence electrons. The van der Waals surface area contributed by atoms with Crippen LogP contribution in [0, 0.1) is 11.6 Å². The van der Waals surface area contributed by atoms with Crippen molar-refractivity contribution in [2.75, 3.05) is 13.1 Å². The van der Waals surface area contributed by atoms with Crippen LogP contribution in [0.3, 0.4) is 0 Å². The summed E-state index contributed by atoms with van der Waals surface area (Å²) in [6.07, 6.45) is 1.58. The van der Waals surface area contributed by atoms with Crippen molar-refractivity contribution in [3.05, 3.63) is 28.2 Å². The molecule has 0 saturated carbocycles. The van der Waals surface area contributed by atoms with Crippen LogP contribution in [0.2, 0.25) is 0 Å². The fraction of sp³-hybridized carbons (Fsp3) is 0.538. The zero-order valence-electron chi connectivity index (χ0n) is 10.6. The SMILES string of the molecule is CCCNCC(CC)Oc1cc(Br)cc(F)c1F. The molecule has 0 aliphatic heterocycles. The van der Waals surface area contributed by atoms with Gasteiger partial charge in [0.2, 0.25) is 5.82 Å². The smallest absolute Gasteiger partial charge is 0.200 e. The summed E-state index contributed by atoms with van der Waals surface area (Å²) in [6, 6.07) is 2.53. The minimum absolute atomic E-state index is 0.0491. The molecule has 5 heteroatoms. The lowest BCUT2D eigenvalue weighted by atomic mass is 10.2. The van der Waals surface area contributed by atoms with Crippen LogP contribution in [0.15, 0.2) is 16.6 Å². The second-order valence-corrected chi connectivity index (χ2v) is 4.97. The van der Waals surface area contributed by atoms with Crippen LogP contribution in [-0.2, 0) is 0 Å². The maximum absolute atomic E-state index is 13.5. The molecule has 1 rings (SSSR count). The second kappa shape index (κ2) is 7.69. The first kappa shape index (κ1) is 15.4. The molecule has 1 aromatic rings. The molecule has 2 nitrogen and oxygen atoms in total. The molecule has 0 bridgehead atoms. The Bertz CT molecular complexity index is 387. The third-order valence-electron chi connectivity index (χ3n) is 2.51. The Hall–Kier alpha value is -0.680. The van der Waals surface area contributed by atoms with E-state index in [9.17, 15) is 8.78 Å². The Kier molecular flexibility index (Phi) is 6.57. The number of hydrogen-bond donors (Lipinski definition) is 1. The minimum Gasteiger partial charge on any atom is -0.486 e. The summed E-state index contributed by atoms with van der Waals surface area (Å²) in [5.41, 5.74) is 0. The van der Waals surface area contributed by atoms with Gasteiger partial charge in [0.25, 0.3) is 0 Å². The number of halogens is 3. The monoisotopic (exact) mass is 321 g/mol. The number of hydrogen-bond acceptors (Lipinski definition) is 2. The summed E-state index contributed by atoms with van der Waals surface area (Å²) in [6.45, 7) is 5.52. The van der Waals surface area contributed by atoms with E-state index < -0.39 is 11.6 Å². The average Bonchev–Trinajstić information content (AvgIpc) is 2.34. The highest BCUT2D eigenvalue weighted by Crippen LogP contribution is 2.26. The van der Waals surface area contributed by atoms with Crippen molar-refractivity contribution in [1.29, 1.82) is 0 Å². The Labute approximate surface area is 115 Å². The van der Waals surface area contributed by atoms with Crippen molar-refractivity contribution in [2.24, 2.45) is 0 Å². The summed E-state index contributed by atoms with van der Waals surface area (Å²) in [7, 11) is 0. The van der Waals surface area contributed by atoms with Crippen molar-refractivity contribution in [3.8, 4) is 5.75 Å². The normalized spacial score (nSPS) is 12.5. The molecule has 0 heterocycles. The predicted molar refractivity (Wildman–Crippen MR) is 71.9 cm³/mol. The third-order valence-corrected chi connectivity index (χ3v) is 2.97. The second-order valence-electron chi connectivity index (χ2n) is 4.05. The summed E-state index contributed by atoms with van der Waals surface area (Å²) in [4.78, 5) is 0. The largest absolute Gasteiger partial charge is 0.486 e. The first-order valence-electron chi connectivity index (χ1n) is 6.10. The fourth-order valence-corrected chi connectivity index (χ4v) is 1.92. The molecule has 0 fully saturated rings. The van der Waals surface area contributed by atoms with E-state index in [-0.39, 0.29) is 11.9 Å². The van der Waals surface area contributed by atoms with Gasteiger partial charge in [0.05, 0.1) is 0 Å². The summed E-state index contributed by atoms with van der Waals surface area (Å²) in [5.74, 6) is -1.89. The molecular weight excluding hydrogens is 304 g/mol. The van der Waals surface area contributed by atoms with Gasteiger partial charge in [-0.1, -0.05) is 29.8 Å². The van der Waals surface area contributed by atoms with E-state index in [1.807, 2.05) is 6.92 Å². The van der Waals surface area contributed by atoms with Crippen LogP contribution in [-0.4, -0.2) is 19.2 Å². The first-order chi connectivity index (χ1) is 8.58. The molecule has 1 unspecified atom stereocenters. The highest BCUT2D eigenvalue weighted by molar-refractivity contribution is 9.10. The molecule has 1 atom stereocenters. The zero-order valence-corrected chi connectivity index (χ0v) is 12.2. The van der Waals surface area contributed by atoms with Gasteiger partial charge < -0.3 is 10.1 Å². The van der Waals surface area contributed by atoms with E-state index in [4.69, 9.17) is 4.74 Å². The van der Waals surface area contributed by atoms with E-state index in [1.165, 1.54) is 6.07 Å². The van der Waals surface area contributed by atoms with E-state index in [1.54, 1.807) is 0 Å². The average molecular weight is 322 g/mol. The molecule has 0 aliphatic carbocycles. The van der Waals surface area contributed by atoms with Crippen molar-refractivity contribution in [2.45, 2.75) is 32.8 Å². The summed E-state index contributed by atoms with van der Waals surface area (Å²) < 4.78 is 32.7. The fourth-order valence-electron chi connectivity index (χ4n) is 1.51. The topological polar surface area (TPSA) is 21.3 Å². The summed E-state index contributed by atoms with van der Waals surface area (Å²) in [5, 5.41) is 3.20. The van der Waals surface area contributed by atoms with Gasteiger partial charge in [-0.3, -0.25) is 0 Å². The Morgan fingerprint density at radius 1 is 1.33 bits per heavy atom. The van der Waals surface area contributed by atoms with Gasteiger partial charge in [-0.15, -0.1) is 0 Å². The molecule has 0 aliphatic rings. The number of nitrogens with one attached hydrogen (secondary N) is 1. The van der Waals surface area contributed by atoms with Gasteiger partial charge in [-0.25, -0.2) is 4.39 Å². The molecule has 0 radical (unpaired) electrons. The standard InChI is InChI=1S/C13H18BrF2NO/c1-3-5-17-8-10(4-2)18-12-7-9(14)6-11(15)13(12)16/h6-7,10,17H,3-5,8H2,1-2H3. The molecule has 1 N–H and O–H groups in total. The van der Waals surface area contributed by atoms with Gasteiger partial charge in [0, 0.05) is 11.0 Å². The van der Waals surface area contributed by atoms with E-state index >= 15 is 0 Å². The molecule has 0 amide bonds. The maximum atomic E-state index is 13.5. The van der Waals surface area contributed by atoms with E-state index in [0.29, 0.717) is 11.0 Å². The van der Waals surface area contributed by atoms with Crippen molar-refractivity contribution in [1.82, 2.24) is 5.32 Å². The first-order valence-corrected chi connectivity index (χ1v) is 6.89. The van der Waals surface area contributed by atoms with E-state index in [0.717, 1.165) is 25.5 Å². The van der Waals surface area contributed by atoms with Crippen LogP contribution in [0.4, 0.5) is 8.78 Å². The summed E-state index contributed by atoms with van der Waals surface area (Å²) >= 11 is 3.12. The van der Waals surface area contributed by atoms with Gasteiger partial charge >= 0.3 is 0 Å². The molecule has 0 saturated heterocycles. The molecular formula is C13H18BrF2NO. The quantitative estimate of drug-likeness (QED) is 0.607. The maximum Gasteiger partial charge on any atom is 0.200 e. The number of ether oxygens (including phenoxy) is 1. The lowest BCUT2D eigenvalue weighted by molar-refractivity contribution is 0.183. The lowest BCUT2D eigenvalue weighted by Gasteiger charge is -2.18. The van der Waals surface area contributed by atoms with E-state index in [2.05, 4.69) is 28.2 Å². The molecule has 18 heavy (non-hydrogen) atoms. The van der Waals surface area contributed by atoms with Crippen molar-refractivity contribution < 1.29 is 13.5 Å². The third kappa shape index (κ3) is 4.53. The Morgan fingerprint density at radius 2 is 2.06 bits per heavy atom. The van der Waals surface area contributed by atoms with Gasteiger partial charge in [0.15, 0.2) is 11.6 Å². The predicted octanol–water partition coefficient (Wildman–Crippen LogP) is 3.88. The van der Waals surface area contributed by atoms with Gasteiger partial charge in [-0.05, 0) is 31.5 Å². The number of benzene rings is 1. The van der Waals surface area contributed by atoms with Crippen LogP contribution in [0.1, 0.15) is 26.7 Å². The van der Waals surface area contributed by atoms with Crippen LogP contribution >= 0.6 is 15.9 Å². The van der Waals surface area contributed by atoms with Gasteiger partial charge in [0.1, 0.15) is 6.10 Å². The Balaban J connectivity index is 2.69. The minimum atomic E-state index is -0.938. The van der Waals surface area contributed by atoms with Crippen LogP contribution in [0.25, 0.3) is 0 Å². The van der Waals surface area contributed by atoms with Crippen LogP contribution in [0.5, 0.6) is 5.75 Å². The molecule has 0 aromatic heterocycles. The number of rotatable bonds is 7. The van der Waals surface area contributed by atoms with Crippen molar-refractivity contribution >= 4 is 15.9 Å². The van der Waals surface area contributed by atoms with Crippen LogP contribution < -0.4 is 10.1 Å². The highest BCUT2D eigenvalue weighted by Gasteiger charge is 2.15. The lowest BCUT2D eigenvalue weighted by Crippen LogP contribution is -2.31. The van der Waals surface area contributed by atoms with Crippen molar-refractivity contribution in [3.63, 3.8) is 0 Å². The zero-order chi connectivity index (χ0) is 13.5. The van der Waals surface area contributed by atoms with Gasteiger partial charge in [-0.2, -0.15) is 4.39 Å². The Morgan fingerprint density at radius 3 is 2.67 bits per heavy atom. The highest BCUT2D eigenvalue weighted by atomic mass is 79.9.